The predicted octanol–water partition coefficient (Wildman–Crippen LogP) is 1.00. The second-order valence-electron chi connectivity index (χ2n) is 2.05. The normalized spacial score (nSPS) is 7.17. The van der Waals surface area contributed by atoms with Crippen molar-refractivity contribution in [3.8, 4) is 23.9 Å². The fourth-order valence-electron chi connectivity index (χ4n) is 0.754. The van der Waals surface area contributed by atoms with Crippen molar-refractivity contribution >= 4 is 6.15 Å². The Morgan fingerprint density at radius 3 is 1.42 bits per heavy atom. The van der Waals surface area contributed by atoms with Crippen LogP contribution in [0.5, 0.6) is 0 Å². The van der Waals surface area contributed by atoms with Crippen LogP contribution in [0.15, 0.2) is 0 Å². The summed E-state index contributed by atoms with van der Waals surface area (Å²) < 4.78 is 0. The van der Waals surface area contributed by atoms with Crippen LogP contribution in [0.25, 0.3) is 14.5 Å². The molecule has 0 atom stereocenters. The van der Waals surface area contributed by atoms with Crippen LogP contribution < -0.4 is 0 Å². The molecule has 0 amide bonds. The van der Waals surface area contributed by atoms with Gasteiger partial charge in [0.05, 0.1) is 0 Å². The van der Waals surface area contributed by atoms with E-state index in [1.54, 1.807) is 0 Å². The minimum absolute atomic E-state index is 1.53. The lowest BCUT2D eigenvalue weighted by Crippen LogP contribution is -2.27. The molecule has 0 N–H and O–H groups in total. The van der Waals surface area contributed by atoms with E-state index in [2.05, 4.69) is 32.4 Å². The topological polar surface area (TPSA) is 36.9 Å². The minimum Gasteiger partial charge on any atom is -0.245 e. The summed E-state index contributed by atoms with van der Waals surface area (Å²) in [6, 6.07) is 0. The van der Waals surface area contributed by atoms with Crippen LogP contribution >= 0.6 is 0 Å². The molecule has 0 saturated heterocycles. The molecule has 0 aliphatic carbocycles. The molecular formula is C7H9BN4+2. The summed E-state index contributed by atoms with van der Waals surface area (Å²) >= 11 is 0. The van der Waals surface area contributed by atoms with E-state index in [0.29, 0.717) is 0 Å². The van der Waals surface area contributed by atoms with Gasteiger partial charge in [0.2, 0.25) is 21.1 Å². The fraction of sp³-hybridized carbons (Fsp3) is 0.429. The summed E-state index contributed by atoms with van der Waals surface area (Å²) in [6.45, 7) is 0. The third-order valence-electron chi connectivity index (χ3n) is 1.16. The van der Waals surface area contributed by atoms with Crippen molar-refractivity contribution in [1.82, 2.24) is 0 Å². The van der Waals surface area contributed by atoms with Crippen molar-refractivity contribution in [2.45, 2.75) is 0 Å². The van der Waals surface area contributed by atoms with Gasteiger partial charge in [0, 0.05) is 0 Å². The van der Waals surface area contributed by atoms with Gasteiger partial charge in [0.1, 0.15) is 17.9 Å². The predicted molar refractivity (Wildman–Crippen MR) is 50.9 cm³/mol. The van der Waals surface area contributed by atoms with E-state index in [9.17, 15) is 0 Å². The van der Waals surface area contributed by atoms with E-state index in [-0.39, 0.29) is 0 Å². The number of nitrogens with zero attached hydrogens (tertiary/aromatic N) is 4. The van der Waals surface area contributed by atoms with Gasteiger partial charge in [0.15, 0.2) is 0 Å². The standard InChI is InChI=1S/C7H9BN4/c1-10-5-8(4-9,6-11-2)7-12-3/h1-3H3/q+2. The molecule has 12 heavy (non-hydrogen) atoms. The second kappa shape index (κ2) is 4.78. The van der Waals surface area contributed by atoms with Crippen molar-refractivity contribution in [1.29, 1.82) is 5.26 Å². The number of hydrogen-bond donors (Lipinski definition) is 0. The molecule has 0 aromatic carbocycles. The first kappa shape index (κ1) is 10.0. The van der Waals surface area contributed by atoms with E-state index < -0.39 is 6.15 Å². The van der Waals surface area contributed by atoms with Gasteiger partial charge in [-0.25, -0.2) is 5.26 Å². The third-order valence-corrected chi connectivity index (χ3v) is 1.16. The van der Waals surface area contributed by atoms with Crippen LogP contribution in [-0.4, -0.2) is 27.3 Å². The molecule has 0 aliphatic heterocycles. The third kappa shape index (κ3) is 2.33. The van der Waals surface area contributed by atoms with E-state index >= 15 is 0 Å². The average Bonchev–Trinajstić information content (AvgIpc) is 2.06. The van der Waals surface area contributed by atoms with Crippen molar-refractivity contribution in [3.63, 3.8) is 0 Å². The van der Waals surface area contributed by atoms with Crippen molar-refractivity contribution in [2.24, 2.45) is 0 Å². The molecular weight excluding hydrogens is 151 g/mol. The Balaban J connectivity index is 5.22. The highest BCUT2D eigenvalue weighted by Crippen LogP contribution is 1.97. The molecule has 0 spiro atoms. The first-order chi connectivity index (χ1) is 5.74. The quantitative estimate of drug-likeness (QED) is 0.487. The summed E-state index contributed by atoms with van der Waals surface area (Å²) in [7, 11) is 4.59. The fourth-order valence-corrected chi connectivity index (χ4v) is 0.754. The van der Waals surface area contributed by atoms with Crippen LogP contribution in [-0.2, 0) is 0 Å². The summed E-state index contributed by atoms with van der Waals surface area (Å²) in [5, 5.41) is 8.78. The van der Waals surface area contributed by atoms with E-state index in [0.717, 1.165) is 0 Å². The lowest BCUT2D eigenvalue weighted by Gasteiger charge is -1.85. The van der Waals surface area contributed by atoms with E-state index in [1.807, 2.05) is 5.97 Å². The van der Waals surface area contributed by atoms with Gasteiger partial charge in [0.25, 0.3) is 0 Å². The second-order valence-corrected chi connectivity index (χ2v) is 2.05. The summed E-state index contributed by atoms with van der Waals surface area (Å²) in [5.41, 5.74) is 0. The molecule has 0 fully saturated rings. The number of rotatable bonds is 0. The Hall–Kier alpha value is -1.98. The zero-order valence-corrected chi connectivity index (χ0v) is 7.37. The van der Waals surface area contributed by atoms with Crippen LogP contribution in [0.1, 0.15) is 0 Å². The van der Waals surface area contributed by atoms with Crippen LogP contribution in [0, 0.1) is 29.1 Å². The molecule has 0 saturated carbocycles. The Kier molecular flexibility index (Phi) is 3.99. The van der Waals surface area contributed by atoms with Gasteiger partial charge >= 0.3 is 6.15 Å². The molecule has 0 bridgehead atoms. The van der Waals surface area contributed by atoms with Crippen molar-refractivity contribution in [3.05, 3.63) is 14.5 Å². The van der Waals surface area contributed by atoms with Crippen molar-refractivity contribution < 1.29 is 0 Å². The zero-order valence-electron chi connectivity index (χ0n) is 7.37. The zero-order chi connectivity index (χ0) is 9.45. The molecule has 5 heteroatoms. The monoisotopic (exact) mass is 160 g/mol. The maximum atomic E-state index is 8.78. The lowest BCUT2D eigenvalue weighted by molar-refractivity contribution is 1.56. The molecule has 0 aromatic heterocycles. The highest BCUT2D eigenvalue weighted by molar-refractivity contribution is 7.06. The maximum Gasteiger partial charge on any atom is 0.548 e. The Morgan fingerprint density at radius 2 is 1.25 bits per heavy atom. The Morgan fingerprint density at radius 1 is 0.917 bits per heavy atom. The largest absolute Gasteiger partial charge is 0.548 e. The molecule has 0 aromatic rings. The molecule has 0 rings (SSSR count). The van der Waals surface area contributed by atoms with Gasteiger partial charge in [-0.3, -0.25) is 0 Å². The molecule has 0 aliphatic rings. The maximum absolute atomic E-state index is 8.78. The van der Waals surface area contributed by atoms with Gasteiger partial charge < -0.3 is 0 Å². The van der Waals surface area contributed by atoms with Gasteiger partial charge in [-0.2, -0.15) is 0 Å². The molecule has 0 heterocycles. The molecule has 4 nitrogen and oxygen atoms in total. The van der Waals surface area contributed by atoms with Gasteiger partial charge in [-0.15, -0.1) is 14.5 Å². The van der Waals surface area contributed by atoms with Crippen LogP contribution in [0.2, 0.25) is 0 Å². The van der Waals surface area contributed by atoms with E-state index in [1.165, 1.54) is 21.1 Å². The molecule has 0 unspecified atom stereocenters. The number of nitriles is 1. The first-order valence-corrected chi connectivity index (χ1v) is 3.39. The minimum atomic E-state index is -1.91. The van der Waals surface area contributed by atoms with E-state index in [4.69, 9.17) is 5.26 Å². The molecule has 0 radical (unpaired) electrons. The smallest absolute Gasteiger partial charge is 0.245 e. The lowest BCUT2D eigenvalue weighted by atomic mass is 9.30. The molecule has 58 valence electrons. The van der Waals surface area contributed by atoms with Crippen LogP contribution in [0.4, 0.5) is 0 Å². The van der Waals surface area contributed by atoms with Gasteiger partial charge in [-0.05, 0) is 0 Å². The highest BCUT2D eigenvalue weighted by Gasteiger charge is 2.39. The summed E-state index contributed by atoms with van der Waals surface area (Å²) in [5.74, 6) is 9.66. The first-order valence-electron chi connectivity index (χ1n) is 3.39. The summed E-state index contributed by atoms with van der Waals surface area (Å²) in [4.78, 5) is 10.9. The summed E-state index contributed by atoms with van der Waals surface area (Å²) in [6.07, 6.45) is -1.91. The van der Waals surface area contributed by atoms with Crippen LogP contribution in [0.3, 0.4) is 0 Å². The average molecular weight is 160 g/mol. The highest BCUT2D eigenvalue weighted by atomic mass is 14.6. The van der Waals surface area contributed by atoms with Crippen molar-refractivity contribution in [2.75, 3.05) is 21.1 Å². The SMILES string of the molecule is C[N+]#C[B-](C#N)(C#[N+]C)C#[N+]C. The number of hydrogen-bond acceptors (Lipinski definition) is 1. The van der Waals surface area contributed by atoms with Gasteiger partial charge in [-0.1, -0.05) is 5.97 Å². The Labute approximate surface area is 71.8 Å². The Bertz CT molecular complexity index is 323.